The summed E-state index contributed by atoms with van der Waals surface area (Å²) >= 11 is 1.37. The van der Waals surface area contributed by atoms with Crippen molar-refractivity contribution in [2.45, 2.75) is 25.2 Å². The van der Waals surface area contributed by atoms with Gasteiger partial charge < -0.3 is 4.90 Å². The Labute approximate surface area is 101 Å². The SMILES string of the molecule is O=C(c1cscn1)N1CCC2(CC1)CC2(F)F. The lowest BCUT2D eigenvalue weighted by atomic mass is 9.93. The van der Waals surface area contributed by atoms with E-state index < -0.39 is 11.3 Å². The first-order valence-electron chi connectivity index (χ1n) is 5.59. The van der Waals surface area contributed by atoms with E-state index in [0.717, 1.165) is 0 Å². The van der Waals surface area contributed by atoms with E-state index in [1.807, 2.05) is 0 Å². The van der Waals surface area contributed by atoms with Crippen LogP contribution >= 0.6 is 11.3 Å². The Morgan fingerprint density at radius 1 is 1.41 bits per heavy atom. The van der Waals surface area contributed by atoms with Crippen molar-refractivity contribution in [1.29, 1.82) is 0 Å². The molecule has 2 aliphatic rings. The van der Waals surface area contributed by atoms with Crippen LogP contribution in [0.4, 0.5) is 8.78 Å². The molecule has 0 aromatic carbocycles. The van der Waals surface area contributed by atoms with E-state index in [1.165, 1.54) is 11.3 Å². The molecule has 92 valence electrons. The van der Waals surface area contributed by atoms with Gasteiger partial charge in [-0.2, -0.15) is 0 Å². The van der Waals surface area contributed by atoms with Gasteiger partial charge in [-0.3, -0.25) is 4.79 Å². The lowest BCUT2D eigenvalue weighted by Gasteiger charge is -2.31. The minimum absolute atomic E-state index is 0.00126. The van der Waals surface area contributed by atoms with Crippen LogP contribution in [0.1, 0.15) is 29.8 Å². The molecule has 6 heteroatoms. The van der Waals surface area contributed by atoms with Gasteiger partial charge in [0.2, 0.25) is 0 Å². The summed E-state index contributed by atoms with van der Waals surface area (Å²) in [6.45, 7) is 0.845. The molecular weight excluding hydrogens is 246 g/mol. The van der Waals surface area contributed by atoms with Gasteiger partial charge in [0.1, 0.15) is 5.69 Å². The average molecular weight is 258 g/mol. The van der Waals surface area contributed by atoms with E-state index in [9.17, 15) is 13.6 Å². The smallest absolute Gasteiger partial charge is 0.273 e. The lowest BCUT2D eigenvalue weighted by molar-refractivity contribution is 0.0283. The topological polar surface area (TPSA) is 33.2 Å². The molecule has 1 aromatic heterocycles. The second-order valence-electron chi connectivity index (χ2n) is 4.83. The molecular formula is C11H12F2N2OS. The zero-order chi connectivity index (χ0) is 12.1. The molecule has 0 atom stereocenters. The normalized spacial score (nSPS) is 24.9. The van der Waals surface area contributed by atoms with E-state index in [-0.39, 0.29) is 12.3 Å². The van der Waals surface area contributed by atoms with Gasteiger partial charge in [0, 0.05) is 30.3 Å². The van der Waals surface area contributed by atoms with Crippen LogP contribution in [0.2, 0.25) is 0 Å². The van der Waals surface area contributed by atoms with Crippen molar-refractivity contribution in [2.75, 3.05) is 13.1 Å². The van der Waals surface area contributed by atoms with E-state index in [4.69, 9.17) is 0 Å². The van der Waals surface area contributed by atoms with Crippen LogP contribution in [0.3, 0.4) is 0 Å². The summed E-state index contributed by atoms with van der Waals surface area (Å²) in [6.07, 6.45) is 0.824. The quantitative estimate of drug-likeness (QED) is 0.775. The number of alkyl halides is 2. The third-order valence-corrected chi connectivity index (χ3v) is 4.46. The van der Waals surface area contributed by atoms with Gasteiger partial charge in [-0.1, -0.05) is 0 Å². The van der Waals surface area contributed by atoms with Crippen LogP contribution in [0.15, 0.2) is 10.9 Å². The highest BCUT2D eigenvalue weighted by Gasteiger charge is 2.70. The van der Waals surface area contributed by atoms with Crippen molar-refractivity contribution in [2.24, 2.45) is 5.41 Å². The van der Waals surface area contributed by atoms with E-state index in [1.54, 1.807) is 15.8 Å². The van der Waals surface area contributed by atoms with E-state index in [0.29, 0.717) is 31.6 Å². The van der Waals surface area contributed by atoms with Gasteiger partial charge >= 0.3 is 0 Å². The monoisotopic (exact) mass is 258 g/mol. The number of likely N-dealkylation sites (tertiary alicyclic amines) is 1. The molecule has 1 saturated carbocycles. The van der Waals surface area contributed by atoms with Gasteiger partial charge in [0.05, 0.1) is 5.51 Å². The van der Waals surface area contributed by atoms with Gasteiger partial charge in [-0.15, -0.1) is 11.3 Å². The zero-order valence-corrected chi connectivity index (χ0v) is 9.97. The number of nitrogens with zero attached hydrogens (tertiary/aromatic N) is 2. The Kier molecular flexibility index (Phi) is 2.26. The van der Waals surface area contributed by atoms with Gasteiger partial charge in [-0.25, -0.2) is 13.8 Å². The molecule has 1 saturated heterocycles. The fourth-order valence-electron chi connectivity index (χ4n) is 2.54. The molecule has 1 aliphatic heterocycles. The first-order chi connectivity index (χ1) is 8.04. The summed E-state index contributed by atoms with van der Waals surface area (Å²) in [6, 6.07) is 0. The molecule has 2 fully saturated rings. The van der Waals surface area contributed by atoms with Crippen molar-refractivity contribution < 1.29 is 13.6 Å². The van der Waals surface area contributed by atoms with Crippen molar-refractivity contribution in [3.05, 3.63) is 16.6 Å². The third-order valence-electron chi connectivity index (χ3n) is 3.87. The summed E-state index contributed by atoms with van der Waals surface area (Å²) < 4.78 is 26.3. The molecule has 0 N–H and O–H groups in total. The maximum atomic E-state index is 13.2. The molecule has 1 aromatic rings. The first kappa shape index (κ1) is 11.1. The molecule has 0 radical (unpaired) electrons. The number of piperidine rings is 1. The fraction of sp³-hybridized carbons (Fsp3) is 0.636. The minimum Gasteiger partial charge on any atom is -0.337 e. The predicted molar refractivity (Wildman–Crippen MR) is 59.2 cm³/mol. The number of aromatic nitrogens is 1. The first-order valence-corrected chi connectivity index (χ1v) is 6.54. The van der Waals surface area contributed by atoms with Gasteiger partial charge in [-0.05, 0) is 12.8 Å². The van der Waals surface area contributed by atoms with Crippen molar-refractivity contribution in [3.63, 3.8) is 0 Å². The maximum absolute atomic E-state index is 13.2. The molecule has 1 amide bonds. The Balaban J connectivity index is 1.65. The summed E-state index contributed by atoms with van der Waals surface area (Å²) in [4.78, 5) is 17.5. The van der Waals surface area contributed by atoms with Crippen molar-refractivity contribution >= 4 is 17.2 Å². The summed E-state index contributed by atoms with van der Waals surface area (Å²) in [5.74, 6) is -2.63. The van der Waals surface area contributed by atoms with Crippen LogP contribution in [-0.2, 0) is 0 Å². The largest absolute Gasteiger partial charge is 0.337 e. The molecule has 0 bridgehead atoms. The molecule has 1 spiro atoms. The maximum Gasteiger partial charge on any atom is 0.273 e. The summed E-state index contributed by atoms with van der Waals surface area (Å²) in [5, 5.41) is 1.69. The molecule has 1 aliphatic carbocycles. The molecule has 3 rings (SSSR count). The Morgan fingerprint density at radius 3 is 2.53 bits per heavy atom. The summed E-state index contributed by atoms with van der Waals surface area (Å²) in [7, 11) is 0. The van der Waals surface area contributed by atoms with Crippen LogP contribution in [0.5, 0.6) is 0 Å². The second kappa shape index (κ2) is 3.48. The number of hydrogen-bond acceptors (Lipinski definition) is 3. The Hall–Kier alpha value is -1.04. The highest BCUT2D eigenvalue weighted by atomic mass is 32.1. The standard InChI is InChI=1S/C11H12F2N2OS/c12-11(13)6-10(11)1-3-15(4-2-10)9(16)8-5-17-7-14-8/h5,7H,1-4,6H2. The van der Waals surface area contributed by atoms with E-state index >= 15 is 0 Å². The fourth-order valence-corrected chi connectivity index (χ4v) is 3.07. The summed E-state index contributed by atoms with van der Waals surface area (Å²) in [5.41, 5.74) is 1.23. The molecule has 17 heavy (non-hydrogen) atoms. The second-order valence-corrected chi connectivity index (χ2v) is 5.55. The molecule has 0 unspecified atom stereocenters. The average Bonchev–Trinajstić information content (AvgIpc) is 2.75. The molecule has 2 heterocycles. The number of halogens is 2. The Morgan fingerprint density at radius 2 is 2.06 bits per heavy atom. The third kappa shape index (κ3) is 1.66. The number of carbonyl (C=O) groups excluding carboxylic acids is 1. The van der Waals surface area contributed by atoms with Gasteiger partial charge in [0.15, 0.2) is 0 Å². The van der Waals surface area contributed by atoms with E-state index in [2.05, 4.69) is 4.98 Å². The highest BCUT2D eigenvalue weighted by Crippen LogP contribution is 2.65. The number of amides is 1. The number of hydrogen-bond donors (Lipinski definition) is 0. The number of carbonyl (C=O) groups is 1. The number of thiazole rings is 1. The predicted octanol–water partition coefficient (Wildman–Crippen LogP) is 2.40. The van der Waals surface area contributed by atoms with Crippen molar-refractivity contribution in [3.8, 4) is 0 Å². The number of rotatable bonds is 1. The van der Waals surface area contributed by atoms with Crippen LogP contribution in [0, 0.1) is 5.41 Å². The minimum atomic E-state index is -2.50. The van der Waals surface area contributed by atoms with Crippen LogP contribution in [0.25, 0.3) is 0 Å². The lowest BCUT2D eigenvalue weighted by Crippen LogP contribution is -2.40. The van der Waals surface area contributed by atoms with Crippen LogP contribution < -0.4 is 0 Å². The molecule has 3 nitrogen and oxygen atoms in total. The van der Waals surface area contributed by atoms with Gasteiger partial charge in [0.25, 0.3) is 11.8 Å². The zero-order valence-electron chi connectivity index (χ0n) is 9.16. The van der Waals surface area contributed by atoms with Crippen molar-refractivity contribution in [1.82, 2.24) is 9.88 Å². The Bertz CT molecular complexity index is 438. The highest BCUT2D eigenvalue weighted by molar-refractivity contribution is 7.07. The van der Waals surface area contributed by atoms with Crippen LogP contribution in [-0.4, -0.2) is 34.8 Å².